The van der Waals surface area contributed by atoms with Gasteiger partial charge in [-0.2, -0.15) is 0 Å². The van der Waals surface area contributed by atoms with Gasteiger partial charge in [-0.1, -0.05) is 75.8 Å². The van der Waals surface area contributed by atoms with Crippen molar-refractivity contribution in [1.82, 2.24) is 0 Å². The van der Waals surface area contributed by atoms with E-state index in [2.05, 4.69) is 19.1 Å². The smallest absolute Gasteiger partial charge is 0.285 e. The Balaban J connectivity index is 2.40. The monoisotopic (exact) mass is 380 g/mol. The average Bonchev–Trinajstić information content (AvgIpc) is 2.72. The zero-order valence-corrected chi connectivity index (χ0v) is 17.9. The minimum absolute atomic E-state index is 0.198. The molecule has 1 atom stereocenters. The third-order valence-electron chi connectivity index (χ3n) is 5.21. The molecule has 4 nitrogen and oxygen atoms in total. The number of methoxy groups -OCH3 is 3. The van der Waals surface area contributed by atoms with Crippen LogP contribution in [0.2, 0.25) is 0 Å². The van der Waals surface area contributed by atoms with Gasteiger partial charge in [-0.15, -0.1) is 0 Å². The standard InChI is InChI=1S/C23H40O4/c1-5-6-7-8-9-13-17-22(23(24-2,25-3)26-4)18-14-19-27-20-21-15-11-10-12-16-21/h10-12,15-16,22H,5-9,13-14,17-20H2,1-4H3. The molecule has 0 aliphatic carbocycles. The molecule has 0 saturated heterocycles. The molecule has 1 rings (SSSR count). The molecule has 1 unspecified atom stereocenters. The van der Waals surface area contributed by atoms with Crippen molar-refractivity contribution in [1.29, 1.82) is 0 Å². The van der Waals surface area contributed by atoms with Crippen LogP contribution < -0.4 is 0 Å². The molecule has 0 aliphatic rings. The molecule has 0 heterocycles. The molecule has 0 aliphatic heterocycles. The largest absolute Gasteiger partial charge is 0.377 e. The fourth-order valence-electron chi connectivity index (χ4n) is 3.62. The molecule has 0 spiro atoms. The number of hydrogen-bond acceptors (Lipinski definition) is 4. The summed E-state index contributed by atoms with van der Waals surface area (Å²) in [6.45, 7) is 3.64. The van der Waals surface area contributed by atoms with Gasteiger partial charge in [0.15, 0.2) is 0 Å². The molecule has 0 N–H and O–H groups in total. The van der Waals surface area contributed by atoms with Crippen LogP contribution in [0.5, 0.6) is 0 Å². The van der Waals surface area contributed by atoms with Crippen LogP contribution in [-0.4, -0.2) is 33.9 Å². The number of rotatable bonds is 17. The number of ether oxygens (including phenoxy) is 4. The first-order chi connectivity index (χ1) is 13.2. The second kappa shape index (κ2) is 15.0. The van der Waals surface area contributed by atoms with Gasteiger partial charge in [0.1, 0.15) is 0 Å². The number of unbranched alkanes of at least 4 members (excludes halogenated alkanes) is 5. The van der Waals surface area contributed by atoms with E-state index in [1.54, 1.807) is 21.3 Å². The van der Waals surface area contributed by atoms with Crippen molar-refractivity contribution in [2.75, 3.05) is 27.9 Å². The fourth-order valence-corrected chi connectivity index (χ4v) is 3.62. The molecular weight excluding hydrogens is 340 g/mol. The van der Waals surface area contributed by atoms with E-state index in [4.69, 9.17) is 18.9 Å². The van der Waals surface area contributed by atoms with Crippen molar-refractivity contribution in [3.8, 4) is 0 Å². The zero-order chi connectivity index (χ0) is 19.8. The Kier molecular flexibility index (Phi) is 13.4. The molecule has 27 heavy (non-hydrogen) atoms. The second-order valence-electron chi connectivity index (χ2n) is 7.15. The topological polar surface area (TPSA) is 36.9 Å². The molecular formula is C23H40O4. The van der Waals surface area contributed by atoms with Gasteiger partial charge in [-0.3, -0.25) is 0 Å². The summed E-state index contributed by atoms with van der Waals surface area (Å²) in [6, 6.07) is 10.3. The van der Waals surface area contributed by atoms with Gasteiger partial charge in [-0.25, -0.2) is 0 Å². The molecule has 0 saturated carbocycles. The van der Waals surface area contributed by atoms with E-state index in [0.717, 1.165) is 25.9 Å². The number of benzene rings is 1. The van der Waals surface area contributed by atoms with Crippen molar-refractivity contribution in [3.05, 3.63) is 35.9 Å². The summed E-state index contributed by atoms with van der Waals surface area (Å²) in [6.07, 6.45) is 10.7. The third-order valence-corrected chi connectivity index (χ3v) is 5.21. The Morgan fingerprint density at radius 1 is 0.778 bits per heavy atom. The number of hydrogen-bond donors (Lipinski definition) is 0. The van der Waals surface area contributed by atoms with Crippen LogP contribution in [0.3, 0.4) is 0 Å². The van der Waals surface area contributed by atoms with Crippen molar-refractivity contribution in [2.45, 2.75) is 77.3 Å². The summed E-state index contributed by atoms with van der Waals surface area (Å²) < 4.78 is 22.7. The quantitative estimate of drug-likeness (QED) is 0.247. The first-order valence-electron chi connectivity index (χ1n) is 10.5. The van der Waals surface area contributed by atoms with Crippen molar-refractivity contribution >= 4 is 0 Å². The third kappa shape index (κ3) is 9.20. The minimum Gasteiger partial charge on any atom is -0.377 e. The van der Waals surface area contributed by atoms with Crippen LogP contribution in [0.15, 0.2) is 30.3 Å². The Morgan fingerprint density at radius 3 is 2.00 bits per heavy atom. The van der Waals surface area contributed by atoms with Gasteiger partial charge in [0.25, 0.3) is 5.97 Å². The van der Waals surface area contributed by atoms with E-state index in [1.165, 1.54) is 44.1 Å². The Bertz CT molecular complexity index is 437. The van der Waals surface area contributed by atoms with E-state index in [0.29, 0.717) is 6.61 Å². The summed E-state index contributed by atoms with van der Waals surface area (Å²) in [4.78, 5) is 0. The molecule has 156 valence electrons. The average molecular weight is 381 g/mol. The highest BCUT2D eigenvalue weighted by Crippen LogP contribution is 2.32. The molecule has 0 fully saturated rings. The lowest BCUT2D eigenvalue weighted by Gasteiger charge is -2.36. The summed E-state index contributed by atoms with van der Waals surface area (Å²) in [5.41, 5.74) is 1.21. The highest BCUT2D eigenvalue weighted by Gasteiger charge is 2.39. The Morgan fingerprint density at radius 2 is 1.37 bits per heavy atom. The lowest BCUT2D eigenvalue weighted by molar-refractivity contribution is -0.380. The predicted molar refractivity (Wildman–Crippen MR) is 111 cm³/mol. The van der Waals surface area contributed by atoms with Gasteiger partial charge in [0.05, 0.1) is 6.61 Å². The van der Waals surface area contributed by atoms with E-state index >= 15 is 0 Å². The van der Waals surface area contributed by atoms with Crippen molar-refractivity contribution in [3.63, 3.8) is 0 Å². The van der Waals surface area contributed by atoms with E-state index < -0.39 is 5.97 Å². The van der Waals surface area contributed by atoms with Crippen molar-refractivity contribution < 1.29 is 18.9 Å². The molecule has 0 aromatic heterocycles. The first kappa shape index (κ1) is 24.1. The van der Waals surface area contributed by atoms with Gasteiger partial charge in [-0.05, 0) is 24.8 Å². The van der Waals surface area contributed by atoms with Crippen molar-refractivity contribution in [2.24, 2.45) is 5.92 Å². The van der Waals surface area contributed by atoms with E-state index in [-0.39, 0.29) is 5.92 Å². The summed E-state index contributed by atoms with van der Waals surface area (Å²) in [5, 5.41) is 0. The maximum absolute atomic E-state index is 5.83. The minimum atomic E-state index is -0.956. The maximum atomic E-state index is 5.83. The normalized spacial score (nSPS) is 13.0. The Hall–Kier alpha value is -0.940. The molecule has 0 amide bonds. The fraction of sp³-hybridized carbons (Fsp3) is 0.739. The Labute approximate surface area is 166 Å². The zero-order valence-electron chi connectivity index (χ0n) is 17.9. The van der Waals surface area contributed by atoms with Crippen LogP contribution in [0, 0.1) is 5.92 Å². The van der Waals surface area contributed by atoms with Crippen LogP contribution in [0.25, 0.3) is 0 Å². The van der Waals surface area contributed by atoms with Crippen LogP contribution in [-0.2, 0) is 25.6 Å². The molecule has 4 heteroatoms. The SMILES string of the molecule is CCCCCCCCC(CCCOCc1ccccc1)C(OC)(OC)OC. The summed E-state index contributed by atoms with van der Waals surface area (Å²) in [7, 11) is 4.98. The maximum Gasteiger partial charge on any atom is 0.285 e. The van der Waals surface area contributed by atoms with Crippen LogP contribution >= 0.6 is 0 Å². The van der Waals surface area contributed by atoms with Crippen LogP contribution in [0.1, 0.15) is 70.3 Å². The summed E-state index contributed by atoms with van der Waals surface area (Å²) >= 11 is 0. The summed E-state index contributed by atoms with van der Waals surface area (Å²) in [5.74, 6) is -0.757. The van der Waals surface area contributed by atoms with Gasteiger partial charge in [0.2, 0.25) is 0 Å². The molecule has 0 radical (unpaired) electrons. The van der Waals surface area contributed by atoms with E-state index in [1.807, 2.05) is 18.2 Å². The lowest BCUT2D eigenvalue weighted by Crippen LogP contribution is -2.44. The van der Waals surface area contributed by atoms with Gasteiger partial charge >= 0.3 is 0 Å². The second-order valence-corrected chi connectivity index (χ2v) is 7.15. The lowest BCUT2D eigenvalue weighted by atomic mass is 9.93. The van der Waals surface area contributed by atoms with E-state index in [9.17, 15) is 0 Å². The molecule has 1 aromatic rings. The van der Waals surface area contributed by atoms with Gasteiger partial charge in [0, 0.05) is 33.9 Å². The van der Waals surface area contributed by atoms with Gasteiger partial charge < -0.3 is 18.9 Å². The molecule has 1 aromatic carbocycles. The van der Waals surface area contributed by atoms with Crippen LogP contribution in [0.4, 0.5) is 0 Å². The first-order valence-corrected chi connectivity index (χ1v) is 10.5. The molecule has 0 bridgehead atoms. The highest BCUT2D eigenvalue weighted by molar-refractivity contribution is 5.13. The highest BCUT2D eigenvalue weighted by atomic mass is 16.9. The predicted octanol–water partition coefficient (Wildman–Crippen LogP) is 5.94.